The molecule has 0 atom stereocenters. The molecule has 5 rings (SSSR count). The Bertz CT molecular complexity index is 1020. The third kappa shape index (κ3) is 1.68. The summed E-state index contributed by atoms with van der Waals surface area (Å²) in [5.41, 5.74) is 2.55. The van der Waals surface area contributed by atoms with E-state index in [1.54, 1.807) is 6.92 Å². The molecular formula is C19H16N4O4. The minimum Gasteiger partial charge on any atom is -0.279 e. The number of nitrogens with zero attached hydrogens (tertiary/aromatic N) is 4. The number of carbonyl (C=O) groups is 4. The molecule has 136 valence electrons. The summed E-state index contributed by atoms with van der Waals surface area (Å²) in [7, 11) is 0. The number of carbonyl (C=O) groups excluding carboxylic acids is 4. The van der Waals surface area contributed by atoms with Gasteiger partial charge >= 0.3 is 0 Å². The van der Waals surface area contributed by atoms with Crippen molar-refractivity contribution in [3.63, 3.8) is 0 Å². The van der Waals surface area contributed by atoms with E-state index < -0.39 is 29.0 Å². The smallest absolute Gasteiger partial charge is 0.279 e. The minimum atomic E-state index is -2.14. The van der Waals surface area contributed by atoms with Gasteiger partial charge in [0.25, 0.3) is 29.0 Å². The Balaban J connectivity index is 1.44. The summed E-state index contributed by atoms with van der Waals surface area (Å²) in [4.78, 5) is 60.4. The van der Waals surface area contributed by atoms with Gasteiger partial charge in [-0.05, 0) is 30.5 Å². The second-order valence-electron chi connectivity index (χ2n) is 7.07. The molecule has 4 amide bonds. The van der Waals surface area contributed by atoms with Gasteiger partial charge in [0.1, 0.15) is 5.84 Å². The molecule has 1 spiro atoms. The van der Waals surface area contributed by atoms with Crippen molar-refractivity contribution in [3.05, 3.63) is 23.3 Å². The van der Waals surface area contributed by atoms with Gasteiger partial charge in [0, 0.05) is 25.1 Å². The first kappa shape index (κ1) is 16.0. The number of hydrogen-bond acceptors (Lipinski definition) is 6. The van der Waals surface area contributed by atoms with Crippen LogP contribution in [0.1, 0.15) is 31.4 Å². The second-order valence-corrected chi connectivity index (χ2v) is 7.07. The maximum atomic E-state index is 12.6. The second kappa shape index (κ2) is 4.97. The molecular weight excluding hydrogens is 348 g/mol. The van der Waals surface area contributed by atoms with Crippen LogP contribution in [-0.4, -0.2) is 51.5 Å². The third-order valence-corrected chi connectivity index (χ3v) is 5.71. The van der Waals surface area contributed by atoms with Crippen molar-refractivity contribution in [1.29, 1.82) is 0 Å². The van der Waals surface area contributed by atoms with E-state index >= 15 is 0 Å². The molecule has 0 radical (unpaired) electrons. The molecule has 0 aliphatic carbocycles. The highest BCUT2D eigenvalue weighted by atomic mass is 16.2. The van der Waals surface area contributed by atoms with Crippen LogP contribution in [0.4, 0.5) is 11.4 Å². The Labute approximate surface area is 154 Å². The zero-order chi connectivity index (χ0) is 19.1. The number of amides is 4. The van der Waals surface area contributed by atoms with E-state index in [-0.39, 0.29) is 12.4 Å². The number of benzene rings is 1. The Morgan fingerprint density at radius 2 is 1.52 bits per heavy atom. The molecule has 8 nitrogen and oxygen atoms in total. The average molecular weight is 364 g/mol. The average Bonchev–Trinajstić information content (AvgIpc) is 3.22. The molecule has 4 aliphatic rings. The first-order valence-corrected chi connectivity index (χ1v) is 8.98. The van der Waals surface area contributed by atoms with Gasteiger partial charge in [-0.2, -0.15) is 0 Å². The van der Waals surface area contributed by atoms with Crippen LogP contribution >= 0.6 is 0 Å². The molecule has 27 heavy (non-hydrogen) atoms. The molecule has 1 aromatic rings. The molecule has 2 saturated heterocycles. The lowest BCUT2D eigenvalue weighted by Crippen LogP contribution is -2.84. The van der Waals surface area contributed by atoms with E-state index in [0.29, 0.717) is 12.1 Å². The summed E-state index contributed by atoms with van der Waals surface area (Å²) in [5, 5.41) is 0. The van der Waals surface area contributed by atoms with Crippen LogP contribution in [0.3, 0.4) is 0 Å². The number of amidine groups is 1. The maximum absolute atomic E-state index is 12.6. The highest BCUT2D eigenvalue weighted by Crippen LogP contribution is 2.47. The molecule has 2 fully saturated rings. The fourth-order valence-corrected chi connectivity index (χ4v) is 4.17. The van der Waals surface area contributed by atoms with Gasteiger partial charge in [-0.1, -0.05) is 13.0 Å². The van der Waals surface area contributed by atoms with E-state index in [2.05, 4.69) is 16.9 Å². The highest BCUT2D eigenvalue weighted by molar-refractivity contribution is 6.55. The molecule has 8 heteroatoms. The Kier molecular flexibility index (Phi) is 2.95. The summed E-state index contributed by atoms with van der Waals surface area (Å²) in [6, 6.07) is 3.87. The fourth-order valence-electron chi connectivity index (χ4n) is 4.17. The van der Waals surface area contributed by atoms with E-state index in [9.17, 15) is 19.2 Å². The number of aliphatic imine (C=N–C) groups is 2. The molecule has 4 aliphatic heterocycles. The quantitative estimate of drug-likeness (QED) is 0.578. The zero-order valence-electron chi connectivity index (χ0n) is 14.9. The molecule has 0 bridgehead atoms. The van der Waals surface area contributed by atoms with Gasteiger partial charge in [0.2, 0.25) is 0 Å². The lowest BCUT2D eigenvalue weighted by atomic mass is 9.68. The van der Waals surface area contributed by atoms with Crippen molar-refractivity contribution in [2.45, 2.75) is 33.1 Å². The number of rotatable bonds is 2. The van der Waals surface area contributed by atoms with E-state index in [4.69, 9.17) is 0 Å². The molecule has 0 N–H and O–H groups in total. The summed E-state index contributed by atoms with van der Waals surface area (Å²) in [6.45, 7) is 3.84. The van der Waals surface area contributed by atoms with Crippen molar-refractivity contribution in [2.75, 3.05) is 6.54 Å². The van der Waals surface area contributed by atoms with Crippen LogP contribution in [-0.2, 0) is 32.0 Å². The van der Waals surface area contributed by atoms with Gasteiger partial charge in [-0.15, -0.1) is 0 Å². The lowest BCUT2D eigenvalue weighted by molar-refractivity contribution is -0.195. The molecule has 4 heterocycles. The van der Waals surface area contributed by atoms with Gasteiger partial charge in [-0.25, -0.2) is 9.89 Å². The molecule has 0 unspecified atom stereocenters. The van der Waals surface area contributed by atoms with Crippen molar-refractivity contribution in [2.24, 2.45) is 15.4 Å². The fraction of sp³-hybridized carbons (Fsp3) is 0.368. The minimum absolute atomic E-state index is 0.151. The van der Waals surface area contributed by atoms with Crippen LogP contribution < -0.4 is 0 Å². The standard InChI is InChI=1S/C19H16N4O4/c1-3-11-6-9-5-10-7-14(21-13(10)8-12(9)20-11)23-17(26)19(18(23)27)15(24)22(4-2)16(19)25/h5,8H,3-4,6-7H2,1-2H3. The topological polar surface area (TPSA) is 99.5 Å². The van der Waals surface area contributed by atoms with Gasteiger partial charge in [0.05, 0.1) is 11.4 Å². The van der Waals surface area contributed by atoms with E-state index in [1.807, 2.05) is 12.1 Å². The van der Waals surface area contributed by atoms with E-state index in [0.717, 1.165) is 45.2 Å². The number of likely N-dealkylation sites (tertiary alicyclic amines) is 2. The predicted molar refractivity (Wildman–Crippen MR) is 95.0 cm³/mol. The number of imide groups is 2. The lowest BCUT2D eigenvalue weighted by Gasteiger charge is -2.51. The van der Waals surface area contributed by atoms with Gasteiger partial charge in [-0.3, -0.25) is 29.1 Å². The number of hydrogen-bond donors (Lipinski definition) is 0. The number of fused-ring (bicyclic) bond motifs is 2. The highest BCUT2D eigenvalue weighted by Gasteiger charge is 2.80. The molecule has 1 aromatic carbocycles. The van der Waals surface area contributed by atoms with Crippen molar-refractivity contribution in [1.82, 2.24) is 9.80 Å². The van der Waals surface area contributed by atoms with Crippen LogP contribution in [0, 0.1) is 5.41 Å². The summed E-state index contributed by atoms with van der Waals surface area (Å²) in [6.07, 6.45) is 2.01. The van der Waals surface area contributed by atoms with Crippen LogP contribution in [0.2, 0.25) is 0 Å². The van der Waals surface area contributed by atoms with Crippen molar-refractivity contribution >= 4 is 46.6 Å². The van der Waals surface area contributed by atoms with Crippen molar-refractivity contribution in [3.8, 4) is 0 Å². The van der Waals surface area contributed by atoms with Gasteiger partial charge < -0.3 is 0 Å². The van der Waals surface area contributed by atoms with Crippen LogP contribution in [0.15, 0.2) is 22.1 Å². The summed E-state index contributed by atoms with van der Waals surface area (Å²) < 4.78 is 0. The number of β-lactam (4-membered cyclic amide) rings is 4. The van der Waals surface area contributed by atoms with Gasteiger partial charge in [0.15, 0.2) is 0 Å². The SMILES string of the molecule is CCC1=Nc2cc3c(cc2C1)CC(N1C(=O)C2(C(=O)N(CC)C2=O)C1=O)=N3. The Morgan fingerprint density at radius 1 is 0.889 bits per heavy atom. The van der Waals surface area contributed by atoms with Crippen molar-refractivity contribution < 1.29 is 19.2 Å². The maximum Gasteiger partial charge on any atom is 0.285 e. The predicted octanol–water partition coefficient (Wildman–Crippen LogP) is 1.06. The van der Waals surface area contributed by atoms with Crippen LogP contribution in [0.25, 0.3) is 0 Å². The summed E-state index contributed by atoms with van der Waals surface area (Å²) in [5.74, 6) is -2.74. The summed E-state index contributed by atoms with van der Waals surface area (Å²) >= 11 is 0. The normalized spacial score (nSPS) is 21.9. The first-order valence-electron chi connectivity index (χ1n) is 8.98. The van der Waals surface area contributed by atoms with Crippen LogP contribution in [0.5, 0.6) is 0 Å². The zero-order valence-corrected chi connectivity index (χ0v) is 14.9. The van der Waals surface area contributed by atoms with E-state index in [1.165, 1.54) is 0 Å². The third-order valence-electron chi connectivity index (χ3n) is 5.71. The molecule has 0 saturated carbocycles. The Hall–Kier alpha value is -3.16. The first-order chi connectivity index (χ1) is 12.9. The Morgan fingerprint density at radius 3 is 2.15 bits per heavy atom. The monoisotopic (exact) mass is 364 g/mol. The largest absolute Gasteiger partial charge is 0.285 e. The molecule has 0 aromatic heterocycles.